The van der Waals surface area contributed by atoms with Gasteiger partial charge in [0, 0.05) is 39.2 Å². The van der Waals surface area contributed by atoms with Gasteiger partial charge in [0.15, 0.2) is 5.78 Å². The zero-order chi connectivity index (χ0) is 18.4. The van der Waals surface area contributed by atoms with Gasteiger partial charge in [-0.15, -0.1) is 0 Å². The molecule has 0 heterocycles. The average Bonchev–Trinajstić information content (AvgIpc) is 2.51. The molecule has 2 amide bonds. The third-order valence-electron chi connectivity index (χ3n) is 3.01. The third kappa shape index (κ3) is 10.5. The number of rotatable bonds is 14. The summed E-state index contributed by atoms with van der Waals surface area (Å²) in [6.45, 7) is 8.30. The Labute approximate surface area is 145 Å². The molecule has 0 aromatic rings. The molecule has 24 heavy (non-hydrogen) atoms. The molecule has 2 N–H and O–H groups in total. The van der Waals surface area contributed by atoms with Crippen molar-refractivity contribution < 1.29 is 27.7 Å². The van der Waals surface area contributed by atoms with Gasteiger partial charge >= 0.3 is 8.80 Å². The molecule has 0 saturated heterocycles. The summed E-state index contributed by atoms with van der Waals surface area (Å²) in [6, 6.07) is 0.564. The van der Waals surface area contributed by atoms with Crippen molar-refractivity contribution in [1.29, 1.82) is 0 Å². The molecule has 0 aromatic carbocycles. The Bertz CT molecular complexity index is 388. The van der Waals surface area contributed by atoms with Crippen molar-refractivity contribution in [2.75, 3.05) is 32.9 Å². The first kappa shape index (κ1) is 22.7. The van der Waals surface area contributed by atoms with Crippen LogP contribution in [0.25, 0.3) is 0 Å². The minimum atomic E-state index is -2.72. The molecule has 0 radical (unpaired) electrons. The van der Waals surface area contributed by atoms with Crippen LogP contribution in [-0.4, -0.2) is 59.3 Å². The van der Waals surface area contributed by atoms with Crippen LogP contribution in [-0.2, 0) is 27.7 Å². The highest BCUT2D eigenvalue weighted by Gasteiger charge is 2.39. The molecule has 0 bridgehead atoms. The van der Waals surface area contributed by atoms with Crippen LogP contribution in [0.5, 0.6) is 0 Å². The number of Topliss-reactive ketones (excluding diaryl/α,β-unsaturated/α-hetero) is 1. The molecular formula is C15H30N2O6Si. The maximum absolute atomic E-state index is 11.8. The van der Waals surface area contributed by atoms with E-state index in [2.05, 4.69) is 10.6 Å². The van der Waals surface area contributed by atoms with Crippen molar-refractivity contribution in [3.8, 4) is 0 Å². The normalized spacial score (nSPS) is 11.2. The van der Waals surface area contributed by atoms with Crippen LogP contribution >= 0.6 is 0 Å². The number of hydrogen-bond acceptors (Lipinski definition) is 6. The number of carbonyl (C=O) groups excluding carboxylic acids is 3. The van der Waals surface area contributed by atoms with Crippen molar-refractivity contribution >= 4 is 26.4 Å². The SMILES string of the molecule is CCO[Si](CCCC(=O)CNC(=O)CNC(C)=O)(OCC)OCC. The summed E-state index contributed by atoms with van der Waals surface area (Å²) in [6.07, 6.45) is 0.884. The number of hydrogen-bond donors (Lipinski definition) is 2. The van der Waals surface area contributed by atoms with Gasteiger partial charge < -0.3 is 23.9 Å². The molecule has 0 rings (SSSR count). The number of amides is 2. The lowest BCUT2D eigenvalue weighted by molar-refractivity contribution is -0.126. The summed E-state index contributed by atoms with van der Waals surface area (Å²) in [5.74, 6) is -0.765. The zero-order valence-electron chi connectivity index (χ0n) is 15.1. The van der Waals surface area contributed by atoms with E-state index in [1.807, 2.05) is 20.8 Å². The maximum atomic E-state index is 11.8. The third-order valence-corrected chi connectivity index (χ3v) is 6.16. The second kappa shape index (κ2) is 13.0. The van der Waals surface area contributed by atoms with E-state index in [-0.39, 0.29) is 30.7 Å². The average molecular weight is 362 g/mol. The van der Waals surface area contributed by atoms with Gasteiger partial charge in [-0.2, -0.15) is 0 Å². The topological polar surface area (TPSA) is 103 Å². The van der Waals surface area contributed by atoms with E-state index >= 15 is 0 Å². The predicted molar refractivity (Wildman–Crippen MR) is 91.4 cm³/mol. The molecule has 0 saturated carbocycles. The largest absolute Gasteiger partial charge is 0.500 e. The van der Waals surface area contributed by atoms with E-state index in [0.717, 1.165) is 0 Å². The Morgan fingerprint density at radius 3 is 1.88 bits per heavy atom. The second-order valence-electron chi connectivity index (χ2n) is 5.06. The molecule has 0 atom stereocenters. The van der Waals surface area contributed by atoms with E-state index in [9.17, 15) is 14.4 Å². The summed E-state index contributed by atoms with van der Waals surface area (Å²) in [5, 5.41) is 4.84. The summed E-state index contributed by atoms with van der Waals surface area (Å²) >= 11 is 0. The molecule has 0 spiro atoms. The van der Waals surface area contributed by atoms with Crippen LogP contribution < -0.4 is 10.6 Å². The van der Waals surface area contributed by atoms with E-state index in [4.69, 9.17) is 13.3 Å². The maximum Gasteiger partial charge on any atom is 0.500 e. The minimum absolute atomic E-state index is 0.0507. The molecule has 9 heteroatoms. The Morgan fingerprint density at radius 1 is 0.875 bits per heavy atom. The molecule has 0 fully saturated rings. The fourth-order valence-corrected chi connectivity index (χ4v) is 4.67. The lowest BCUT2D eigenvalue weighted by Gasteiger charge is -2.28. The van der Waals surface area contributed by atoms with Gasteiger partial charge in [-0.3, -0.25) is 14.4 Å². The summed E-state index contributed by atoms with van der Waals surface area (Å²) in [5.41, 5.74) is 0. The van der Waals surface area contributed by atoms with Crippen LogP contribution in [0.15, 0.2) is 0 Å². The summed E-state index contributed by atoms with van der Waals surface area (Å²) in [7, 11) is -2.72. The van der Waals surface area contributed by atoms with Gasteiger partial charge in [0.1, 0.15) is 0 Å². The van der Waals surface area contributed by atoms with Crippen LogP contribution in [0.1, 0.15) is 40.5 Å². The Hall–Kier alpha value is -1.29. The fourth-order valence-electron chi connectivity index (χ4n) is 2.06. The standard InChI is InChI=1S/C15H30N2O6Si/c1-5-21-24(22-6-2,23-7-3)10-8-9-14(19)11-17-15(20)12-16-13(4)18/h5-12H2,1-4H3,(H,16,18)(H,17,20). The van der Waals surface area contributed by atoms with Crippen LogP contribution in [0.3, 0.4) is 0 Å². The highest BCUT2D eigenvalue weighted by molar-refractivity contribution is 6.60. The predicted octanol–water partition coefficient (Wildman–Crippen LogP) is 0.636. The van der Waals surface area contributed by atoms with Crippen molar-refractivity contribution in [3.05, 3.63) is 0 Å². The second-order valence-corrected chi connectivity index (χ2v) is 7.79. The Morgan fingerprint density at radius 2 is 1.42 bits per heavy atom. The first-order valence-electron chi connectivity index (χ1n) is 8.33. The number of carbonyl (C=O) groups is 3. The number of ketones is 1. The van der Waals surface area contributed by atoms with Gasteiger partial charge in [0.2, 0.25) is 11.8 Å². The van der Waals surface area contributed by atoms with Gasteiger partial charge in [-0.05, 0) is 27.2 Å². The van der Waals surface area contributed by atoms with E-state index in [0.29, 0.717) is 38.7 Å². The summed E-state index contributed by atoms with van der Waals surface area (Å²) in [4.78, 5) is 33.9. The minimum Gasteiger partial charge on any atom is -0.374 e. The van der Waals surface area contributed by atoms with Crippen molar-refractivity contribution in [1.82, 2.24) is 10.6 Å². The van der Waals surface area contributed by atoms with Crippen molar-refractivity contribution in [2.45, 2.75) is 46.6 Å². The van der Waals surface area contributed by atoms with Crippen LogP contribution in [0, 0.1) is 0 Å². The first-order chi connectivity index (χ1) is 11.4. The monoisotopic (exact) mass is 362 g/mol. The van der Waals surface area contributed by atoms with E-state index in [1.165, 1.54) is 6.92 Å². The molecule has 0 aliphatic rings. The van der Waals surface area contributed by atoms with Gasteiger partial charge in [0.25, 0.3) is 0 Å². The lowest BCUT2D eigenvalue weighted by atomic mass is 10.2. The van der Waals surface area contributed by atoms with E-state index in [1.54, 1.807) is 0 Å². The van der Waals surface area contributed by atoms with Crippen LogP contribution in [0.2, 0.25) is 6.04 Å². The van der Waals surface area contributed by atoms with E-state index < -0.39 is 8.80 Å². The Kier molecular flexibility index (Phi) is 12.3. The van der Waals surface area contributed by atoms with Gasteiger partial charge in [0.05, 0.1) is 13.1 Å². The zero-order valence-corrected chi connectivity index (χ0v) is 16.1. The highest BCUT2D eigenvalue weighted by atomic mass is 28.4. The molecule has 8 nitrogen and oxygen atoms in total. The van der Waals surface area contributed by atoms with Crippen molar-refractivity contribution in [3.63, 3.8) is 0 Å². The number of nitrogens with one attached hydrogen (secondary N) is 2. The smallest absolute Gasteiger partial charge is 0.374 e. The highest BCUT2D eigenvalue weighted by Crippen LogP contribution is 2.19. The molecule has 0 aromatic heterocycles. The molecular weight excluding hydrogens is 332 g/mol. The van der Waals surface area contributed by atoms with Crippen molar-refractivity contribution in [2.24, 2.45) is 0 Å². The van der Waals surface area contributed by atoms with Gasteiger partial charge in [-0.25, -0.2) is 0 Å². The first-order valence-corrected chi connectivity index (χ1v) is 10.3. The quantitative estimate of drug-likeness (QED) is 0.440. The lowest BCUT2D eigenvalue weighted by Crippen LogP contribution is -2.46. The van der Waals surface area contributed by atoms with Crippen LogP contribution in [0.4, 0.5) is 0 Å². The Balaban J connectivity index is 4.18. The molecule has 140 valence electrons. The van der Waals surface area contributed by atoms with Gasteiger partial charge in [-0.1, -0.05) is 0 Å². The molecule has 0 aliphatic carbocycles. The summed E-state index contributed by atoms with van der Waals surface area (Å²) < 4.78 is 17.2. The molecule has 0 unspecified atom stereocenters. The fraction of sp³-hybridized carbons (Fsp3) is 0.800. The molecule has 0 aliphatic heterocycles.